The van der Waals surface area contributed by atoms with Crippen LogP contribution in [0.1, 0.15) is 28.1 Å². The number of amides is 1. The number of hydrogen-bond donors (Lipinski definition) is 1. The molecular formula is C22H19F4N3O. The molecule has 8 heteroatoms. The van der Waals surface area contributed by atoms with Gasteiger partial charge in [0, 0.05) is 22.6 Å². The van der Waals surface area contributed by atoms with E-state index in [0.717, 1.165) is 34.8 Å². The molecule has 0 aliphatic heterocycles. The maximum absolute atomic E-state index is 13.2. The molecule has 3 aromatic rings. The van der Waals surface area contributed by atoms with Gasteiger partial charge in [0.05, 0.1) is 18.2 Å². The molecular weight excluding hydrogens is 398 g/mol. The quantitative estimate of drug-likeness (QED) is 0.357. The van der Waals surface area contributed by atoms with Gasteiger partial charge >= 0.3 is 6.18 Å². The minimum absolute atomic E-state index is 0.226. The largest absolute Gasteiger partial charge is 0.416 e. The fraction of sp³-hybridized carbons (Fsp3) is 0.182. The molecule has 3 rings (SSSR count). The Balaban J connectivity index is 1.68. The molecule has 30 heavy (non-hydrogen) atoms. The summed E-state index contributed by atoms with van der Waals surface area (Å²) in [6.07, 6.45) is -3.22. The van der Waals surface area contributed by atoms with E-state index in [2.05, 4.69) is 10.5 Å². The molecule has 0 fully saturated rings. The highest BCUT2D eigenvalue weighted by molar-refractivity contribution is 5.84. The fourth-order valence-corrected chi connectivity index (χ4v) is 3.16. The number of nitrogens with zero attached hydrogens (tertiary/aromatic N) is 2. The van der Waals surface area contributed by atoms with E-state index in [-0.39, 0.29) is 17.8 Å². The maximum Gasteiger partial charge on any atom is 0.416 e. The van der Waals surface area contributed by atoms with Crippen LogP contribution in [0.5, 0.6) is 0 Å². The number of benzene rings is 2. The average molecular weight is 417 g/mol. The number of carbonyl (C=O) groups excluding carboxylic acids is 1. The van der Waals surface area contributed by atoms with Crippen molar-refractivity contribution in [2.75, 3.05) is 0 Å². The number of halogens is 4. The number of carbonyl (C=O) groups is 1. The normalized spacial score (nSPS) is 11.8. The monoisotopic (exact) mass is 417 g/mol. The van der Waals surface area contributed by atoms with Crippen LogP contribution in [0, 0.1) is 19.7 Å². The zero-order chi connectivity index (χ0) is 21.9. The van der Waals surface area contributed by atoms with Gasteiger partial charge in [0.1, 0.15) is 5.82 Å². The van der Waals surface area contributed by atoms with Crippen molar-refractivity contribution < 1.29 is 22.4 Å². The van der Waals surface area contributed by atoms with Crippen LogP contribution in [0.4, 0.5) is 17.6 Å². The second-order valence-corrected chi connectivity index (χ2v) is 6.81. The third-order valence-corrected chi connectivity index (χ3v) is 4.57. The number of hydrazone groups is 1. The van der Waals surface area contributed by atoms with Crippen molar-refractivity contribution in [2.45, 2.75) is 26.4 Å². The number of aryl methyl sites for hydroxylation is 1. The number of aromatic nitrogens is 1. The molecule has 1 heterocycles. The zero-order valence-corrected chi connectivity index (χ0v) is 16.3. The van der Waals surface area contributed by atoms with E-state index in [9.17, 15) is 22.4 Å². The lowest BCUT2D eigenvalue weighted by atomic mass is 10.1. The first-order chi connectivity index (χ1) is 14.1. The van der Waals surface area contributed by atoms with E-state index >= 15 is 0 Å². The van der Waals surface area contributed by atoms with E-state index in [1.54, 1.807) is 12.1 Å². The first kappa shape index (κ1) is 21.3. The highest BCUT2D eigenvalue weighted by atomic mass is 19.4. The van der Waals surface area contributed by atoms with Gasteiger partial charge in [-0.15, -0.1) is 0 Å². The predicted molar refractivity (Wildman–Crippen MR) is 106 cm³/mol. The van der Waals surface area contributed by atoms with Crippen molar-refractivity contribution in [1.82, 2.24) is 9.99 Å². The molecule has 0 bridgehead atoms. The predicted octanol–water partition coefficient (Wildman–Crippen LogP) is 4.94. The highest BCUT2D eigenvalue weighted by Gasteiger charge is 2.30. The van der Waals surface area contributed by atoms with E-state index in [4.69, 9.17) is 0 Å². The molecule has 4 nitrogen and oxygen atoms in total. The van der Waals surface area contributed by atoms with Crippen LogP contribution < -0.4 is 5.43 Å². The molecule has 0 unspecified atom stereocenters. The number of hydrogen-bond acceptors (Lipinski definition) is 2. The van der Waals surface area contributed by atoms with Gasteiger partial charge in [0.15, 0.2) is 0 Å². The summed E-state index contributed by atoms with van der Waals surface area (Å²) in [5, 5.41) is 3.91. The Morgan fingerprint density at radius 1 is 1.10 bits per heavy atom. The molecule has 0 saturated heterocycles. The first-order valence-electron chi connectivity index (χ1n) is 9.08. The molecule has 0 atom stereocenters. The van der Waals surface area contributed by atoms with Gasteiger partial charge in [-0.25, -0.2) is 9.82 Å². The summed E-state index contributed by atoms with van der Waals surface area (Å²) in [6, 6.07) is 12.5. The van der Waals surface area contributed by atoms with E-state index in [1.807, 2.05) is 24.5 Å². The summed E-state index contributed by atoms with van der Waals surface area (Å²) in [7, 11) is 0. The molecule has 1 amide bonds. The molecule has 1 aromatic heterocycles. The van der Waals surface area contributed by atoms with Crippen molar-refractivity contribution >= 4 is 12.1 Å². The molecule has 0 saturated carbocycles. The summed E-state index contributed by atoms with van der Waals surface area (Å²) >= 11 is 0. The summed E-state index contributed by atoms with van der Waals surface area (Å²) < 4.78 is 53.4. The van der Waals surface area contributed by atoms with Crippen molar-refractivity contribution in [1.29, 1.82) is 0 Å². The van der Waals surface area contributed by atoms with Crippen molar-refractivity contribution in [3.8, 4) is 5.69 Å². The van der Waals surface area contributed by atoms with Crippen LogP contribution in [-0.4, -0.2) is 16.7 Å². The molecule has 156 valence electrons. The van der Waals surface area contributed by atoms with Gasteiger partial charge in [0.25, 0.3) is 0 Å². The van der Waals surface area contributed by atoms with Crippen LogP contribution in [0.3, 0.4) is 0 Å². The van der Waals surface area contributed by atoms with Gasteiger partial charge in [0.2, 0.25) is 5.91 Å². The highest BCUT2D eigenvalue weighted by Crippen LogP contribution is 2.29. The summed E-state index contributed by atoms with van der Waals surface area (Å²) in [6.45, 7) is 3.75. The Hall–Kier alpha value is -3.42. The number of alkyl halides is 3. The molecule has 0 aliphatic rings. The van der Waals surface area contributed by atoms with Crippen LogP contribution in [0.25, 0.3) is 5.69 Å². The second kappa shape index (κ2) is 8.52. The molecule has 2 aromatic carbocycles. The third-order valence-electron chi connectivity index (χ3n) is 4.57. The first-order valence-corrected chi connectivity index (χ1v) is 9.08. The van der Waals surface area contributed by atoms with E-state index in [1.165, 1.54) is 30.5 Å². The van der Waals surface area contributed by atoms with Crippen LogP contribution in [0.2, 0.25) is 0 Å². The van der Waals surface area contributed by atoms with Gasteiger partial charge < -0.3 is 4.57 Å². The third kappa shape index (κ3) is 4.94. The molecule has 0 radical (unpaired) electrons. The summed E-state index contributed by atoms with van der Waals surface area (Å²) in [4.78, 5) is 12.0. The van der Waals surface area contributed by atoms with E-state index < -0.39 is 17.6 Å². The summed E-state index contributed by atoms with van der Waals surface area (Å²) in [5.74, 6) is -0.857. The van der Waals surface area contributed by atoms with E-state index in [0.29, 0.717) is 0 Å². The lowest BCUT2D eigenvalue weighted by Gasteiger charge is -2.09. The number of nitrogens with one attached hydrogen (secondary N) is 1. The minimum Gasteiger partial charge on any atom is -0.318 e. The zero-order valence-electron chi connectivity index (χ0n) is 16.3. The van der Waals surface area contributed by atoms with Crippen LogP contribution in [-0.2, 0) is 17.4 Å². The Morgan fingerprint density at radius 3 is 2.47 bits per heavy atom. The Morgan fingerprint density at radius 2 is 1.80 bits per heavy atom. The summed E-state index contributed by atoms with van der Waals surface area (Å²) in [5.41, 5.74) is 5.05. The minimum atomic E-state index is -4.46. The Bertz CT molecular complexity index is 1080. The fourth-order valence-electron chi connectivity index (χ4n) is 3.16. The van der Waals surface area contributed by atoms with Gasteiger partial charge in [-0.1, -0.05) is 18.2 Å². The molecule has 0 aliphatic carbocycles. The lowest BCUT2D eigenvalue weighted by Crippen LogP contribution is -2.20. The molecule has 0 spiro atoms. The topological polar surface area (TPSA) is 46.4 Å². The van der Waals surface area contributed by atoms with Gasteiger partial charge in [-0.2, -0.15) is 18.3 Å². The smallest absolute Gasteiger partial charge is 0.318 e. The lowest BCUT2D eigenvalue weighted by molar-refractivity contribution is -0.137. The second-order valence-electron chi connectivity index (χ2n) is 6.81. The van der Waals surface area contributed by atoms with Gasteiger partial charge in [-0.3, -0.25) is 4.79 Å². The van der Waals surface area contributed by atoms with Crippen LogP contribution in [0.15, 0.2) is 59.7 Å². The number of rotatable bonds is 5. The standard InChI is InChI=1S/C22H19F4N3O/c1-14-10-17(15(2)29(14)20-8-6-19(23)7-9-20)13-27-28-21(30)12-16-4-3-5-18(11-16)22(24,25)26/h3-11,13H,12H2,1-2H3,(H,28,30)/b27-13+. The van der Waals surface area contributed by atoms with Crippen molar-refractivity contribution in [3.05, 3.63) is 88.5 Å². The average Bonchev–Trinajstić information content (AvgIpc) is 2.96. The Kier molecular flexibility index (Phi) is 6.05. The Labute approximate surface area is 170 Å². The van der Waals surface area contributed by atoms with Crippen molar-refractivity contribution in [3.63, 3.8) is 0 Å². The van der Waals surface area contributed by atoms with Crippen LogP contribution >= 0.6 is 0 Å². The maximum atomic E-state index is 13.2. The SMILES string of the molecule is Cc1cc(/C=N/NC(=O)Cc2cccc(C(F)(F)F)c2)c(C)n1-c1ccc(F)cc1. The van der Waals surface area contributed by atoms with Gasteiger partial charge in [-0.05, 0) is 55.8 Å². The van der Waals surface area contributed by atoms with Crippen molar-refractivity contribution in [2.24, 2.45) is 5.10 Å². The molecule has 1 N–H and O–H groups in total.